The summed E-state index contributed by atoms with van der Waals surface area (Å²) in [5.41, 5.74) is 1.49. The standard InChI is InChI=1S/C18H21N5O2/c24-14-22-10-12-23(13-11-22)17-7-6-16(20-21-17)18(25)19-9-8-15-4-2-1-3-5-15/h1-7,14H,8-13H2,(H,19,25). The number of piperazine rings is 1. The molecule has 1 aliphatic heterocycles. The van der Waals surface area contributed by atoms with E-state index in [2.05, 4.69) is 20.4 Å². The zero-order chi connectivity index (χ0) is 17.5. The number of anilines is 1. The Hall–Kier alpha value is -2.96. The number of hydrogen-bond acceptors (Lipinski definition) is 5. The van der Waals surface area contributed by atoms with E-state index < -0.39 is 0 Å². The van der Waals surface area contributed by atoms with Crippen LogP contribution in [0, 0.1) is 0 Å². The smallest absolute Gasteiger partial charge is 0.271 e. The highest BCUT2D eigenvalue weighted by atomic mass is 16.2. The van der Waals surface area contributed by atoms with Crippen molar-refractivity contribution in [1.29, 1.82) is 0 Å². The van der Waals surface area contributed by atoms with E-state index >= 15 is 0 Å². The molecule has 1 aromatic heterocycles. The maximum Gasteiger partial charge on any atom is 0.271 e. The lowest BCUT2D eigenvalue weighted by atomic mass is 10.1. The van der Waals surface area contributed by atoms with Gasteiger partial charge in [-0.3, -0.25) is 9.59 Å². The lowest BCUT2D eigenvalue weighted by Gasteiger charge is -2.32. The largest absolute Gasteiger partial charge is 0.352 e. The van der Waals surface area contributed by atoms with Crippen LogP contribution in [0.2, 0.25) is 0 Å². The summed E-state index contributed by atoms with van der Waals surface area (Å²) >= 11 is 0. The zero-order valence-corrected chi connectivity index (χ0v) is 14.0. The van der Waals surface area contributed by atoms with Crippen molar-refractivity contribution in [2.45, 2.75) is 6.42 Å². The number of rotatable bonds is 6. The second-order valence-corrected chi connectivity index (χ2v) is 5.90. The van der Waals surface area contributed by atoms with Crippen molar-refractivity contribution in [3.05, 3.63) is 53.7 Å². The average molecular weight is 339 g/mol. The first-order chi connectivity index (χ1) is 12.3. The molecule has 7 nitrogen and oxygen atoms in total. The Kier molecular flexibility index (Phi) is 5.56. The van der Waals surface area contributed by atoms with Gasteiger partial charge in [0.15, 0.2) is 11.5 Å². The predicted molar refractivity (Wildman–Crippen MR) is 94.4 cm³/mol. The van der Waals surface area contributed by atoms with Crippen LogP contribution in [-0.4, -0.2) is 60.1 Å². The number of carbonyl (C=O) groups is 2. The second kappa shape index (κ2) is 8.23. The topological polar surface area (TPSA) is 78.4 Å². The number of amides is 2. The van der Waals surface area contributed by atoms with Gasteiger partial charge >= 0.3 is 0 Å². The SMILES string of the molecule is O=CN1CCN(c2ccc(C(=O)NCCc3ccccc3)nn2)CC1. The van der Waals surface area contributed by atoms with Crippen molar-refractivity contribution >= 4 is 18.1 Å². The molecule has 2 amide bonds. The Morgan fingerprint density at radius 3 is 2.44 bits per heavy atom. The highest BCUT2D eigenvalue weighted by molar-refractivity contribution is 5.92. The summed E-state index contributed by atoms with van der Waals surface area (Å²) in [4.78, 5) is 26.7. The number of nitrogens with one attached hydrogen (secondary N) is 1. The normalized spacial score (nSPS) is 14.2. The number of aromatic nitrogens is 2. The van der Waals surface area contributed by atoms with Gasteiger partial charge in [0.2, 0.25) is 6.41 Å². The number of benzene rings is 1. The predicted octanol–water partition coefficient (Wildman–Crippen LogP) is 0.727. The molecule has 7 heteroatoms. The summed E-state index contributed by atoms with van der Waals surface area (Å²) in [5.74, 6) is 0.507. The van der Waals surface area contributed by atoms with E-state index in [1.165, 1.54) is 5.56 Å². The van der Waals surface area contributed by atoms with Gasteiger partial charge in [-0.15, -0.1) is 10.2 Å². The fraction of sp³-hybridized carbons (Fsp3) is 0.333. The minimum atomic E-state index is -0.222. The fourth-order valence-electron chi connectivity index (χ4n) is 2.73. The Balaban J connectivity index is 1.49. The van der Waals surface area contributed by atoms with Gasteiger partial charge in [0, 0.05) is 32.7 Å². The van der Waals surface area contributed by atoms with Crippen molar-refractivity contribution in [2.24, 2.45) is 0 Å². The van der Waals surface area contributed by atoms with E-state index in [0.717, 1.165) is 31.7 Å². The molecule has 0 unspecified atom stereocenters. The van der Waals surface area contributed by atoms with Crippen molar-refractivity contribution in [3.63, 3.8) is 0 Å². The van der Waals surface area contributed by atoms with E-state index in [4.69, 9.17) is 0 Å². The lowest BCUT2D eigenvalue weighted by Crippen LogP contribution is -2.46. The van der Waals surface area contributed by atoms with E-state index in [0.29, 0.717) is 25.3 Å². The monoisotopic (exact) mass is 339 g/mol. The summed E-state index contributed by atoms with van der Waals surface area (Å²) in [6.07, 6.45) is 1.64. The Morgan fingerprint density at radius 2 is 1.80 bits per heavy atom. The molecule has 1 aromatic carbocycles. The van der Waals surface area contributed by atoms with E-state index in [-0.39, 0.29) is 5.91 Å². The molecule has 2 aromatic rings. The van der Waals surface area contributed by atoms with Gasteiger partial charge in [0.05, 0.1) is 0 Å². The molecular formula is C18H21N5O2. The van der Waals surface area contributed by atoms with Crippen LogP contribution in [0.4, 0.5) is 5.82 Å². The Labute approximate surface area is 146 Å². The van der Waals surface area contributed by atoms with Crippen molar-refractivity contribution in [3.8, 4) is 0 Å². The van der Waals surface area contributed by atoms with Gasteiger partial charge < -0.3 is 15.1 Å². The van der Waals surface area contributed by atoms with Crippen LogP contribution in [0.5, 0.6) is 0 Å². The van der Waals surface area contributed by atoms with Gasteiger partial charge in [-0.1, -0.05) is 30.3 Å². The molecular weight excluding hydrogens is 318 g/mol. The molecule has 0 spiro atoms. The third-order valence-corrected chi connectivity index (χ3v) is 4.21. The average Bonchev–Trinajstić information content (AvgIpc) is 2.69. The first-order valence-electron chi connectivity index (χ1n) is 8.36. The van der Waals surface area contributed by atoms with E-state index in [1.54, 1.807) is 17.0 Å². The van der Waals surface area contributed by atoms with Gasteiger partial charge in [0.25, 0.3) is 5.91 Å². The number of carbonyl (C=O) groups excluding carboxylic acids is 2. The molecule has 0 radical (unpaired) electrons. The molecule has 1 aliphatic rings. The third-order valence-electron chi connectivity index (χ3n) is 4.21. The Morgan fingerprint density at radius 1 is 1.04 bits per heavy atom. The van der Waals surface area contributed by atoms with Crippen molar-refractivity contribution < 1.29 is 9.59 Å². The highest BCUT2D eigenvalue weighted by Crippen LogP contribution is 2.12. The van der Waals surface area contributed by atoms with Crippen molar-refractivity contribution in [1.82, 2.24) is 20.4 Å². The first-order valence-corrected chi connectivity index (χ1v) is 8.36. The molecule has 0 saturated carbocycles. The van der Waals surface area contributed by atoms with Crippen LogP contribution < -0.4 is 10.2 Å². The van der Waals surface area contributed by atoms with Crippen LogP contribution in [0.1, 0.15) is 16.1 Å². The summed E-state index contributed by atoms with van der Waals surface area (Å²) in [7, 11) is 0. The summed E-state index contributed by atoms with van der Waals surface area (Å²) in [6, 6.07) is 13.5. The quantitative estimate of drug-likeness (QED) is 0.785. The maximum absolute atomic E-state index is 12.1. The summed E-state index contributed by atoms with van der Waals surface area (Å²) in [6.45, 7) is 3.34. The zero-order valence-electron chi connectivity index (χ0n) is 14.0. The van der Waals surface area contributed by atoms with Gasteiger partial charge in [-0.25, -0.2) is 0 Å². The molecule has 3 rings (SSSR count). The Bertz CT molecular complexity index is 697. The molecule has 25 heavy (non-hydrogen) atoms. The number of nitrogens with zero attached hydrogens (tertiary/aromatic N) is 4. The van der Waals surface area contributed by atoms with Crippen LogP contribution in [0.25, 0.3) is 0 Å². The van der Waals surface area contributed by atoms with Crippen LogP contribution >= 0.6 is 0 Å². The van der Waals surface area contributed by atoms with Crippen molar-refractivity contribution in [2.75, 3.05) is 37.6 Å². The van der Waals surface area contributed by atoms with Crippen LogP contribution in [0.15, 0.2) is 42.5 Å². The van der Waals surface area contributed by atoms with Gasteiger partial charge in [-0.05, 0) is 24.1 Å². The minimum Gasteiger partial charge on any atom is -0.352 e. The van der Waals surface area contributed by atoms with E-state index in [1.807, 2.05) is 30.3 Å². The minimum absolute atomic E-state index is 0.222. The second-order valence-electron chi connectivity index (χ2n) is 5.90. The van der Waals surface area contributed by atoms with Crippen LogP contribution in [0.3, 0.4) is 0 Å². The summed E-state index contributed by atoms with van der Waals surface area (Å²) in [5, 5.41) is 11.0. The molecule has 0 bridgehead atoms. The molecule has 130 valence electrons. The molecule has 0 atom stereocenters. The van der Waals surface area contributed by atoms with E-state index in [9.17, 15) is 9.59 Å². The molecule has 2 heterocycles. The van der Waals surface area contributed by atoms with Gasteiger partial charge in [0.1, 0.15) is 0 Å². The molecule has 1 fully saturated rings. The lowest BCUT2D eigenvalue weighted by molar-refractivity contribution is -0.118. The molecule has 1 saturated heterocycles. The third kappa shape index (κ3) is 4.53. The number of hydrogen-bond donors (Lipinski definition) is 1. The highest BCUT2D eigenvalue weighted by Gasteiger charge is 2.17. The summed E-state index contributed by atoms with van der Waals surface area (Å²) < 4.78 is 0. The molecule has 1 N–H and O–H groups in total. The van der Waals surface area contributed by atoms with Crippen LogP contribution in [-0.2, 0) is 11.2 Å². The molecule has 0 aliphatic carbocycles. The van der Waals surface area contributed by atoms with Gasteiger partial charge in [-0.2, -0.15) is 0 Å². The maximum atomic E-state index is 12.1. The fourth-order valence-corrected chi connectivity index (χ4v) is 2.73. The first kappa shape index (κ1) is 16.9.